The van der Waals surface area contributed by atoms with E-state index >= 15 is 0 Å². The first-order valence-electron chi connectivity index (χ1n) is 21.2. The molecule has 294 valence electrons. The minimum absolute atomic E-state index is 0.0223. The van der Waals surface area contributed by atoms with E-state index in [0.29, 0.717) is 49.0 Å². The summed E-state index contributed by atoms with van der Waals surface area (Å²) in [6, 6.07) is 18.7. The summed E-state index contributed by atoms with van der Waals surface area (Å²) in [4.78, 5) is 26.8. The third-order valence-corrected chi connectivity index (χ3v) is 17.1. The Kier molecular flexibility index (Phi) is 10.6. The van der Waals surface area contributed by atoms with Gasteiger partial charge in [0.15, 0.2) is 0 Å². The van der Waals surface area contributed by atoms with Crippen LogP contribution >= 0.6 is 0 Å². The fraction of sp³-hybridized carbons (Fsp3) is 0.667. The molecule has 0 radical (unpaired) electrons. The first-order chi connectivity index (χ1) is 25.6. The van der Waals surface area contributed by atoms with Crippen LogP contribution in [0.4, 0.5) is 0 Å². The topological polar surface area (TPSA) is 105 Å². The summed E-state index contributed by atoms with van der Waals surface area (Å²) in [7, 11) is 0. The zero-order valence-corrected chi connectivity index (χ0v) is 34.1. The van der Waals surface area contributed by atoms with Gasteiger partial charge in [-0.15, -0.1) is 0 Å². The lowest BCUT2D eigenvalue weighted by atomic mass is 9.32. The highest BCUT2D eigenvalue weighted by atomic mass is 16.5. The molecular weight excluding hydrogens is 669 g/mol. The molecule has 2 aromatic carbocycles. The van der Waals surface area contributed by atoms with E-state index in [2.05, 4.69) is 48.1 Å². The number of fused-ring (bicyclic) bond motifs is 7. The highest BCUT2D eigenvalue weighted by Gasteiger charge is 2.71. The maximum atomic E-state index is 13.4. The second-order valence-corrected chi connectivity index (χ2v) is 20.0. The number of hydrogen-bond donors (Lipinski definition) is 2. The predicted octanol–water partition coefficient (Wildman–Crippen LogP) is 9.24. The Morgan fingerprint density at radius 3 is 1.94 bits per heavy atom. The van der Waals surface area contributed by atoms with Crippen LogP contribution < -0.4 is 11.5 Å². The summed E-state index contributed by atoms with van der Waals surface area (Å²) in [6.07, 6.45) is 12.1. The van der Waals surface area contributed by atoms with E-state index in [-0.39, 0.29) is 45.1 Å². The molecule has 0 bridgehead atoms. The van der Waals surface area contributed by atoms with Crippen LogP contribution in [0.2, 0.25) is 0 Å². The lowest BCUT2D eigenvalue weighted by Crippen LogP contribution is -2.67. The Bertz CT molecular complexity index is 1690. The molecular formula is C48H68N2O4. The van der Waals surface area contributed by atoms with Gasteiger partial charge >= 0.3 is 11.9 Å². The smallest absolute Gasteiger partial charge is 0.323 e. The molecule has 0 amide bonds. The molecule has 2 aromatic rings. The van der Waals surface area contributed by atoms with Crippen molar-refractivity contribution in [2.24, 2.45) is 68.1 Å². The Hall–Kier alpha value is -2.96. The van der Waals surface area contributed by atoms with Crippen molar-refractivity contribution in [1.82, 2.24) is 0 Å². The van der Waals surface area contributed by atoms with Gasteiger partial charge in [0.2, 0.25) is 0 Å². The largest absolute Gasteiger partial charge is 0.464 e. The Morgan fingerprint density at radius 2 is 1.33 bits per heavy atom. The molecule has 0 spiro atoms. The molecule has 6 heteroatoms. The van der Waals surface area contributed by atoms with Gasteiger partial charge in [0.1, 0.15) is 18.2 Å². The summed E-state index contributed by atoms with van der Waals surface area (Å²) < 4.78 is 12.6. The highest BCUT2D eigenvalue weighted by Crippen LogP contribution is 2.77. The first-order valence-corrected chi connectivity index (χ1v) is 21.2. The van der Waals surface area contributed by atoms with Gasteiger partial charge in [-0.2, -0.15) is 0 Å². The number of allylic oxidation sites excluding steroid dienone is 1. The summed E-state index contributed by atoms with van der Waals surface area (Å²) in [5.74, 6) is 2.00. The van der Waals surface area contributed by atoms with Crippen molar-refractivity contribution in [3.63, 3.8) is 0 Å². The van der Waals surface area contributed by atoms with E-state index in [9.17, 15) is 9.59 Å². The normalized spacial score (nSPS) is 39.1. The first kappa shape index (κ1) is 39.3. The maximum absolute atomic E-state index is 13.4. The molecule has 5 aliphatic rings. The number of esters is 2. The van der Waals surface area contributed by atoms with Gasteiger partial charge in [-0.05, 0) is 141 Å². The van der Waals surface area contributed by atoms with E-state index in [1.807, 2.05) is 60.7 Å². The lowest BCUT2D eigenvalue weighted by Gasteiger charge is -2.73. The van der Waals surface area contributed by atoms with Crippen LogP contribution in [-0.2, 0) is 31.9 Å². The van der Waals surface area contributed by atoms with Crippen molar-refractivity contribution >= 4 is 11.9 Å². The van der Waals surface area contributed by atoms with Crippen LogP contribution in [0.1, 0.15) is 117 Å². The Labute approximate surface area is 325 Å². The average Bonchev–Trinajstić information content (AvgIpc) is 3.53. The van der Waals surface area contributed by atoms with Crippen molar-refractivity contribution in [2.75, 3.05) is 6.61 Å². The molecule has 12 atom stereocenters. The zero-order chi connectivity index (χ0) is 38.7. The van der Waals surface area contributed by atoms with Crippen molar-refractivity contribution in [3.05, 3.63) is 83.9 Å². The molecule has 5 saturated carbocycles. The van der Waals surface area contributed by atoms with E-state index in [1.165, 1.54) is 31.3 Å². The van der Waals surface area contributed by atoms with Gasteiger partial charge in [-0.25, -0.2) is 0 Å². The minimum Gasteiger partial charge on any atom is -0.464 e. The van der Waals surface area contributed by atoms with E-state index in [0.717, 1.165) is 49.7 Å². The van der Waals surface area contributed by atoms with Crippen molar-refractivity contribution in [3.8, 4) is 0 Å². The van der Waals surface area contributed by atoms with E-state index in [4.69, 9.17) is 20.9 Å². The summed E-state index contributed by atoms with van der Waals surface area (Å²) in [5, 5.41) is 0. The number of nitrogens with two attached hydrogens (primary N) is 2. The van der Waals surface area contributed by atoms with Crippen molar-refractivity contribution in [2.45, 2.75) is 137 Å². The van der Waals surface area contributed by atoms with E-state index in [1.54, 1.807) is 0 Å². The summed E-state index contributed by atoms with van der Waals surface area (Å²) in [6.45, 7) is 19.9. The number of carbonyl (C=O) groups is 2. The van der Waals surface area contributed by atoms with Gasteiger partial charge in [0.05, 0.1) is 6.61 Å². The van der Waals surface area contributed by atoms with Gasteiger partial charge in [0, 0.05) is 10.8 Å². The second-order valence-electron chi connectivity index (χ2n) is 20.0. The van der Waals surface area contributed by atoms with Crippen LogP contribution in [0.3, 0.4) is 0 Å². The average molecular weight is 737 g/mol. The molecule has 0 saturated heterocycles. The molecule has 0 aromatic heterocycles. The third-order valence-electron chi connectivity index (χ3n) is 17.1. The molecule has 6 nitrogen and oxygen atoms in total. The summed E-state index contributed by atoms with van der Waals surface area (Å²) in [5.41, 5.74) is 16.7. The predicted molar refractivity (Wildman–Crippen MR) is 216 cm³/mol. The van der Waals surface area contributed by atoms with Gasteiger partial charge in [0.25, 0.3) is 0 Å². The third kappa shape index (κ3) is 6.49. The Balaban J connectivity index is 1.08. The molecule has 0 heterocycles. The lowest BCUT2D eigenvalue weighted by molar-refractivity contribution is -0.252. The molecule has 5 aliphatic carbocycles. The number of rotatable bonds is 10. The minimum atomic E-state index is -0.659. The monoisotopic (exact) mass is 737 g/mol. The maximum Gasteiger partial charge on any atom is 0.323 e. The van der Waals surface area contributed by atoms with Crippen LogP contribution in [0.15, 0.2) is 72.8 Å². The SMILES string of the molecule is C=C(C)[C@@H]1CC[C@]2(COC(=O)C(N)Cc3ccccc3)CC[C@]3(C)[C@H](CC[C@@H]4[C@@]5(C)CC[C@H](OC(=O)C(N)Cc6ccccc6)C(C)(C)[C@@H]5CC[C@]43C)[C@@H]12. The fourth-order valence-corrected chi connectivity index (χ4v) is 14.2. The number of carbonyl (C=O) groups excluding carboxylic acids is 2. The molecule has 54 heavy (non-hydrogen) atoms. The van der Waals surface area contributed by atoms with Gasteiger partial charge < -0.3 is 20.9 Å². The van der Waals surface area contributed by atoms with Crippen molar-refractivity contribution in [1.29, 1.82) is 0 Å². The zero-order valence-electron chi connectivity index (χ0n) is 34.1. The van der Waals surface area contributed by atoms with Crippen LogP contribution in [0, 0.1) is 56.7 Å². The molecule has 2 unspecified atom stereocenters. The second kappa shape index (κ2) is 14.5. The molecule has 5 fully saturated rings. The number of benzene rings is 2. The summed E-state index contributed by atoms with van der Waals surface area (Å²) >= 11 is 0. The Morgan fingerprint density at radius 1 is 0.722 bits per heavy atom. The van der Waals surface area contributed by atoms with Crippen LogP contribution in [0.25, 0.3) is 0 Å². The van der Waals surface area contributed by atoms with E-state index < -0.39 is 12.1 Å². The fourth-order valence-electron chi connectivity index (χ4n) is 14.2. The molecule has 0 aliphatic heterocycles. The number of hydrogen-bond acceptors (Lipinski definition) is 6. The van der Waals surface area contributed by atoms with Crippen molar-refractivity contribution < 1.29 is 19.1 Å². The highest BCUT2D eigenvalue weighted by molar-refractivity contribution is 5.76. The van der Waals surface area contributed by atoms with Crippen LogP contribution in [0.5, 0.6) is 0 Å². The standard InChI is InChI=1S/C48H68N2O4/c1-31(2)34-20-25-48(30-53-42(51)36(49)28-32-14-10-8-11-15-32)27-26-46(6)35(41(34)48)18-19-39-45(5)23-22-40(44(3,4)38(45)21-24-47(39,46)7)54-43(52)37(50)29-33-16-12-9-13-17-33/h8-17,34-41H,1,18-30,49-50H2,2-7H3/t34-,35+,36?,37?,38-,39+,40-,41+,45-,46+,47+,48+/m0/s1. The quantitative estimate of drug-likeness (QED) is 0.186. The molecule has 4 N–H and O–H groups in total. The molecule has 7 rings (SSSR count). The van der Waals surface area contributed by atoms with Gasteiger partial charge in [-0.3, -0.25) is 9.59 Å². The van der Waals surface area contributed by atoms with Crippen LogP contribution in [-0.4, -0.2) is 36.7 Å². The van der Waals surface area contributed by atoms with Gasteiger partial charge in [-0.1, -0.05) is 107 Å². The number of ether oxygens (including phenoxy) is 2.